The third-order valence-electron chi connectivity index (χ3n) is 5.82. The first kappa shape index (κ1) is 19.6. The smallest absolute Gasteiger partial charge is 0.119 e. The number of hydrogen-bond donors (Lipinski definition) is 1. The highest BCUT2D eigenvalue weighted by Gasteiger charge is 2.42. The van der Waals surface area contributed by atoms with Crippen LogP contribution >= 0.6 is 22.6 Å². The standard InChI is InChI=1S/C20H24N2O2.CH3I/c1-3-13-12-22-9-7-14(13)10-19(22)20(23)16-6-8-21-18-5-4-15(24-2)11-17(16)18;1-2/h3-6,8,11,13-14,19-20,23H,1,7,9-10,12H2,2H3;1H3/t13-,14-,19-,20+;/m0./s1. The lowest BCUT2D eigenvalue weighted by Gasteiger charge is -2.50. The van der Waals surface area contributed by atoms with Gasteiger partial charge in [-0.3, -0.25) is 9.88 Å². The van der Waals surface area contributed by atoms with E-state index >= 15 is 0 Å². The average Bonchev–Trinajstić information content (AvgIpc) is 2.73. The van der Waals surface area contributed by atoms with E-state index in [1.54, 1.807) is 13.3 Å². The second-order valence-electron chi connectivity index (χ2n) is 6.97. The lowest BCUT2D eigenvalue weighted by Crippen LogP contribution is -2.54. The first-order valence-corrected chi connectivity index (χ1v) is 11.2. The topological polar surface area (TPSA) is 45.6 Å². The predicted molar refractivity (Wildman–Crippen MR) is 115 cm³/mol. The zero-order chi connectivity index (χ0) is 18.7. The lowest BCUT2D eigenvalue weighted by atomic mass is 9.73. The molecule has 2 bridgehead atoms. The van der Waals surface area contributed by atoms with Crippen molar-refractivity contribution in [2.45, 2.75) is 25.0 Å². The molecule has 0 amide bonds. The molecular formula is C21H27IN2O2. The summed E-state index contributed by atoms with van der Waals surface area (Å²) in [6.45, 7) is 6.07. The Morgan fingerprint density at radius 2 is 2.19 bits per heavy atom. The van der Waals surface area contributed by atoms with Crippen molar-refractivity contribution in [3.8, 4) is 5.75 Å². The Bertz CT molecular complexity index is 767. The Morgan fingerprint density at radius 1 is 1.38 bits per heavy atom. The van der Waals surface area contributed by atoms with Gasteiger partial charge in [-0.2, -0.15) is 0 Å². The van der Waals surface area contributed by atoms with Gasteiger partial charge in [-0.15, -0.1) is 6.58 Å². The Labute approximate surface area is 169 Å². The summed E-state index contributed by atoms with van der Waals surface area (Å²) in [5, 5.41) is 12.1. The fourth-order valence-corrected chi connectivity index (χ4v) is 4.44. The van der Waals surface area contributed by atoms with Gasteiger partial charge >= 0.3 is 0 Å². The summed E-state index contributed by atoms with van der Waals surface area (Å²) < 4.78 is 5.35. The number of piperidine rings is 3. The molecule has 3 aliphatic rings. The number of nitrogens with zero attached hydrogens (tertiary/aromatic N) is 2. The van der Waals surface area contributed by atoms with Crippen LogP contribution in [0.3, 0.4) is 0 Å². The zero-order valence-electron chi connectivity index (χ0n) is 15.4. The summed E-state index contributed by atoms with van der Waals surface area (Å²) in [6.07, 6.45) is 5.62. The van der Waals surface area contributed by atoms with Gasteiger partial charge in [-0.25, -0.2) is 0 Å². The van der Waals surface area contributed by atoms with Crippen LogP contribution < -0.4 is 4.74 Å². The van der Waals surface area contributed by atoms with E-state index in [1.165, 1.54) is 6.42 Å². The molecule has 3 aliphatic heterocycles. The summed E-state index contributed by atoms with van der Waals surface area (Å²) in [7, 11) is 1.66. The molecule has 1 N–H and O–H groups in total. The van der Waals surface area contributed by atoms with Crippen molar-refractivity contribution in [2.24, 2.45) is 11.8 Å². The Morgan fingerprint density at radius 3 is 2.85 bits per heavy atom. The molecule has 140 valence electrons. The molecule has 4 nitrogen and oxygen atoms in total. The van der Waals surface area contributed by atoms with Crippen LogP contribution in [0.4, 0.5) is 0 Å². The summed E-state index contributed by atoms with van der Waals surface area (Å²) in [5.74, 6) is 2.01. The minimum absolute atomic E-state index is 0.178. The highest BCUT2D eigenvalue weighted by atomic mass is 127. The minimum atomic E-state index is -0.504. The molecule has 0 spiro atoms. The van der Waals surface area contributed by atoms with E-state index in [4.69, 9.17) is 4.74 Å². The number of ether oxygens (including phenoxy) is 1. The first-order valence-electron chi connectivity index (χ1n) is 9.06. The van der Waals surface area contributed by atoms with Crippen LogP contribution in [0.2, 0.25) is 0 Å². The van der Waals surface area contributed by atoms with Gasteiger partial charge in [0.25, 0.3) is 0 Å². The van der Waals surface area contributed by atoms with Crippen LogP contribution in [-0.2, 0) is 0 Å². The van der Waals surface area contributed by atoms with Crippen LogP contribution in [0.25, 0.3) is 10.9 Å². The summed E-state index contributed by atoms with van der Waals surface area (Å²) in [5.41, 5.74) is 1.85. The number of aromatic nitrogens is 1. The fraction of sp³-hybridized carbons (Fsp3) is 0.476. The molecule has 3 saturated heterocycles. The molecule has 5 rings (SSSR count). The molecule has 2 aromatic rings. The maximum atomic E-state index is 11.2. The third-order valence-corrected chi connectivity index (χ3v) is 5.82. The number of rotatable bonds is 4. The quantitative estimate of drug-likeness (QED) is 0.417. The molecular weight excluding hydrogens is 439 g/mol. The van der Waals surface area contributed by atoms with Crippen LogP contribution in [0.1, 0.15) is 24.5 Å². The molecule has 26 heavy (non-hydrogen) atoms. The molecule has 5 atom stereocenters. The van der Waals surface area contributed by atoms with Crippen molar-refractivity contribution >= 4 is 33.5 Å². The predicted octanol–water partition coefficient (Wildman–Crippen LogP) is 4.22. The number of alkyl halides is 1. The second kappa shape index (κ2) is 8.67. The summed E-state index contributed by atoms with van der Waals surface area (Å²) >= 11 is 2.15. The number of aliphatic hydroxyl groups excluding tert-OH is 1. The third kappa shape index (κ3) is 3.62. The van der Waals surface area contributed by atoms with Crippen LogP contribution in [0, 0.1) is 11.8 Å². The maximum absolute atomic E-state index is 11.2. The van der Waals surface area contributed by atoms with E-state index in [0.29, 0.717) is 11.8 Å². The van der Waals surface area contributed by atoms with E-state index in [2.05, 4.69) is 45.1 Å². The zero-order valence-corrected chi connectivity index (χ0v) is 17.6. The normalized spacial score (nSPS) is 28.2. The van der Waals surface area contributed by atoms with E-state index in [-0.39, 0.29) is 6.04 Å². The van der Waals surface area contributed by atoms with Gasteiger partial charge in [0.1, 0.15) is 5.75 Å². The molecule has 4 heterocycles. The summed E-state index contributed by atoms with van der Waals surface area (Å²) in [6, 6.07) is 7.96. The molecule has 0 radical (unpaired) electrons. The molecule has 0 saturated carbocycles. The highest BCUT2D eigenvalue weighted by molar-refractivity contribution is 14.1. The van der Waals surface area contributed by atoms with E-state index in [9.17, 15) is 5.11 Å². The molecule has 1 aromatic carbocycles. The van der Waals surface area contributed by atoms with Crippen LogP contribution in [0.5, 0.6) is 5.75 Å². The van der Waals surface area contributed by atoms with Gasteiger partial charge in [0.05, 0.1) is 18.7 Å². The second-order valence-corrected chi connectivity index (χ2v) is 6.97. The monoisotopic (exact) mass is 466 g/mol. The van der Waals surface area contributed by atoms with Crippen molar-refractivity contribution < 1.29 is 9.84 Å². The number of benzene rings is 1. The lowest BCUT2D eigenvalue weighted by molar-refractivity contribution is -0.0444. The average molecular weight is 466 g/mol. The maximum Gasteiger partial charge on any atom is 0.119 e. The number of halogens is 1. The van der Waals surface area contributed by atoms with Crippen LogP contribution in [0.15, 0.2) is 43.1 Å². The number of fused-ring (bicyclic) bond motifs is 4. The number of pyridine rings is 1. The van der Waals surface area contributed by atoms with Gasteiger partial charge in [0, 0.05) is 24.2 Å². The van der Waals surface area contributed by atoms with Gasteiger partial charge in [-0.05, 0) is 66.0 Å². The number of methoxy groups -OCH3 is 1. The number of hydrogen-bond acceptors (Lipinski definition) is 4. The Balaban J connectivity index is 0.000000948. The molecule has 1 aromatic heterocycles. The first-order chi connectivity index (χ1) is 12.7. The molecule has 3 fully saturated rings. The van der Waals surface area contributed by atoms with Crippen molar-refractivity contribution in [1.82, 2.24) is 9.88 Å². The largest absolute Gasteiger partial charge is 0.497 e. The van der Waals surface area contributed by atoms with Gasteiger partial charge in [0.15, 0.2) is 0 Å². The van der Waals surface area contributed by atoms with Crippen molar-refractivity contribution in [3.05, 3.63) is 48.7 Å². The van der Waals surface area contributed by atoms with E-state index in [1.807, 2.05) is 29.2 Å². The van der Waals surface area contributed by atoms with E-state index < -0.39 is 6.10 Å². The van der Waals surface area contributed by atoms with Crippen molar-refractivity contribution in [2.75, 3.05) is 25.1 Å². The highest BCUT2D eigenvalue weighted by Crippen LogP contribution is 2.42. The van der Waals surface area contributed by atoms with Crippen LogP contribution in [-0.4, -0.2) is 46.2 Å². The van der Waals surface area contributed by atoms with Gasteiger partial charge < -0.3 is 9.84 Å². The van der Waals surface area contributed by atoms with Gasteiger partial charge in [0.2, 0.25) is 0 Å². The van der Waals surface area contributed by atoms with Gasteiger partial charge in [-0.1, -0.05) is 28.7 Å². The molecule has 5 heteroatoms. The SMILES string of the molecule is C=C[C@H]1CN2CC[C@H]1C[C@H]2[C@H](O)c1ccnc2ccc(OC)cc12.CI. The minimum Gasteiger partial charge on any atom is -0.497 e. The van der Waals surface area contributed by atoms with Crippen molar-refractivity contribution in [1.29, 1.82) is 0 Å². The Hall–Kier alpha value is -1.18. The Kier molecular flexibility index (Phi) is 6.53. The molecule has 1 unspecified atom stereocenters. The van der Waals surface area contributed by atoms with Crippen molar-refractivity contribution in [3.63, 3.8) is 0 Å². The van der Waals surface area contributed by atoms with E-state index in [0.717, 1.165) is 41.7 Å². The number of aliphatic hydroxyl groups is 1. The fourth-order valence-electron chi connectivity index (χ4n) is 4.44. The summed E-state index contributed by atoms with van der Waals surface area (Å²) in [4.78, 5) is 8.83. The molecule has 0 aliphatic carbocycles.